The summed E-state index contributed by atoms with van der Waals surface area (Å²) >= 11 is 5.23. The van der Waals surface area contributed by atoms with Crippen LogP contribution in [0.2, 0.25) is 0 Å². The van der Waals surface area contributed by atoms with Crippen LogP contribution in [0.15, 0.2) is 74.9 Å². The Bertz CT molecular complexity index is 1450. The Morgan fingerprint density at radius 1 is 1.11 bits per heavy atom. The molecule has 0 amide bonds. The van der Waals surface area contributed by atoms with E-state index in [4.69, 9.17) is 4.74 Å². The number of benzene rings is 2. The van der Waals surface area contributed by atoms with Gasteiger partial charge in [-0.15, -0.1) is 11.3 Å². The summed E-state index contributed by atoms with van der Waals surface area (Å²) in [5, 5.41) is 6.46. The molecule has 2 aliphatic rings. The molecule has 186 valence electrons. The maximum Gasteiger partial charge on any atom is 0.337 e. The summed E-state index contributed by atoms with van der Waals surface area (Å²) in [6.07, 6.45) is 1.96. The number of ether oxygens (including phenoxy) is 1. The van der Waals surface area contributed by atoms with Gasteiger partial charge in [0.1, 0.15) is 11.4 Å². The molecule has 1 aliphatic carbocycles. The number of halogens is 2. The first-order chi connectivity index (χ1) is 17.1. The molecule has 5 rings (SSSR count). The second kappa shape index (κ2) is 9.27. The molecule has 7 heteroatoms. The summed E-state index contributed by atoms with van der Waals surface area (Å²) in [5.41, 5.74) is 3.30. The lowest BCUT2D eigenvalue weighted by Gasteiger charge is -2.34. The largest absolute Gasteiger partial charge is 0.451 e. The van der Waals surface area contributed by atoms with Crippen molar-refractivity contribution in [3.05, 3.63) is 91.8 Å². The van der Waals surface area contributed by atoms with Crippen molar-refractivity contribution in [1.29, 1.82) is 0 Å². The van der Waals surface area contributed by atoms with Crippen LogP contribution < -0.4 is 5.32 Å². The molecule has 1 saturated carbocycles. The van der Waals surface area contributed by atoms with E-state index in [1.165, 1.54) is 12.1 Å². The van der Waals surface area contributed by atoms with Crippen LogP contribution in [0.3, 0.4) is 0 Å². The minimum atomic E-state index is -0.997. The second-order valence-corrected chi connectivity index (χ2v) is 11.7. The van der Waals surface area contributed by atoms with Gasteiger partial charge in [0.15, 0.2) is 5.78 Å². The summed E-state index contributed by atoms with van der Waals surface area (Å²) in [5.74, 6) is -1.22. The molecular formula is C29H27BrFNO3S. The summed E-state index contributed by atoms with van der Waals surface area (Å²) in [7, 11) is 0. The number of carbonyl (C=O) groups is 2. The van der Waals surface area contributed by atoms with E-state index in [2.05, 4.69) is 21.2 Å². The number of carbonyl (C=O) groups excluding carboxylic acids is 2. The van der Waals surface area contributed by atoms with E-state index in [9.17, 15) is 14.0 Å². The minimum Gasteiger partial charge on any atom is -0.451 e. The van der Waals surface area contributed by atoms with Gasteiger partial charge in [-0.25, -0.2) is 9.18 Å². The zero-order chi connectivity index (χ0) is 25.8. The number of ketones is 1. The van der Waals surface area contributed by atoms with Gasteiger partial charge in [-0.1, -0.05) is 24.3 Å². The number of hydrogen-bond acceptors (Lipinski definition) is 5. The zero-order valence-corrected chi connectivity index (χ0v) is 23.0. The summed E-state index contributed by atoms with van der Waals surface area (Å²) < 4.78 is 21.7. The molecule has 4 nitrogen and oxygen atoms in total. The third-order valence-electron chi connectivity index (χ3n) is 6.96. The lowest BCUT2D eigenvalue weighted by molar-refractivity contribution is -0.152. The highest BCUT2D eigenvalue weighted by atomic mass is 79.9. The van der Waals surface area contributed by atoms with Crippen LogP contribution in [0.4, 0.5) is 4.39 Å². The molecule has 36 heavy (non-hydrogen) atoms. The van der Waals surface area contributed by atoms with Crippen LogP contribution in [0.1, 0.15) is 57.6 Å². The monoisotopic (exact) mass is 567 g/mol. The van der Waals surface area contributed by atoms with Gasteiger partial charge < -0.3 is 10.1 Å². The number of dihydropyridines is 1. The quantitative estimate of drug-likeness (QED) is 0.313. The molecule has 0 saturated heterocycles. The smallest absolute Gasteiger partial charge is 0.337 e. The van der Waals surface area contributed by atoms with E-state index in [1.807, 2.05) is 30.5 Å². The van der Waals surface area contributed by atoms with Crippen LogP contribution in [-0.2, 0) is 19.9 Å². The number of allylic oxidation sites excluding steroid dienone is 3. The lowest BCUT2D eigenvalue weighted by Crippen LogP contribution is -2.35. The number of nitrogens with one attached hydrogen (secondary N) is 1. The van der Waals surface area contributed by atoms with Crippen LogP contribution in [0.25, 0.3) is 10.1 Å². The van der Waals surface area contributed by atoms with Crippen LogP contribution in [0.5, 0.6) is 0 Å². The van der Waals surface area contributed by atoms with Gasteiger partial charge in [0, 0.05) is 32.1 Å². The summed E-state index contributed by atoms with van der Waals surface area (Å²) in [6.45, 7) is 7.04. The van der Waals surface area contributed by atoms with E-state index < -0.39 is 17.5 Å². The predicted molar refractivity (Wildman–Crippen MR) is 144 cm³/mol. The van der Waals surface area contributed by atoms with Crippen molar-refractivity contribution < 1.29 is 18.7 Å². The third kappa shape index (κ3) is 4.43. The summed E-state index contributed by atoms with van der Waals surface area (Å²) in [4.78, 5) is 27.0. The van der Waals surface area contributed by atoms with Crippen molar-refractivity contribution >= 4 is 49.1 Å². The van der Waals surface area contributed by atoms with E-state index in [-0.39, 0.29) is 17.5 Å². The molecule has 0 bridgehead atoms. The molecule has 1 fully saturated rings. The molecule has 1 aliphatic heterocycles. The molecule has 0 radical (unpaired) electrons. The van der Waals surface area contributed by atoms with E-state index in [0.717, 1.165) is 44.4 Å². The normalized spacial score (nSPS) is 18.4. The predicted octanol–water partition coefficient (Wildman–Crippen LogP) is 7.50. The molecule has 0 spiro atoms. The Kier molecular flexibility index (Phi) is 6.41. The molecule has 1 unspecified atom stereocenters. The third-order valence-corrected chi connectivity index (χ3v) is 8.93. The molecule has 1 aromatic heterocycles. The van der Waals surface area contributed by atoms with Crippen molar-refractivity contribution in [3.63, 3.8) is 0 Å². The Balaban J connectivity index is 1.66. The van der Waals surface area contributed by atoms with Crippen LogP contribution in [0, 0.1) is 11.7 Å². The number of hydrogen-bond donors (Lipinski definition) is 1. The van der Waals surface area contributed by atoms with Gasteiger partial charge in [0.2, 0.25) is 0 Å². The van der Waals surface area contributed by atoms with Crippen molar-refractivity contribution in [2.24, 2.45) is 5.92 Å². The molecule has 2 heterocycles. The Labute approximate surface area is 222 Å². The van der Waals surface area contributed by atoms with Crippen LogP contribution >= 0.6 is 27.3 Å². The minimum absolute atomic E-state index is 0.0858. The van der Waals surface area contributed by atoms with Crippen molar-refractivity contribution in [2.75, 3.05) is 0 Å². The van der Waals surface area contributed by atoms with Gasteiger partial charge >= 0.3 is 5.97 Å². The zero-order valence-electron chi connectivity index (χ0n) is 20.6. The maximum absolute atomic E-state index is 14.0. The lowest BCUT2D eigenvalue weighted by atomic mass is 9.78. The van der Waals surface area contributed by atoms with Crippen molar-refractivity contribution in [1.82, 2.24) is 5.32 Å². The van der Waals surface area contributed by atoms with E-state index >= 15 is 0 Å². The number of fused-ring (bicyclic) bond motifs is 1. The van der Waals surface area contributed by atoms with Gasteiger partial charge in [-0.05, 0) is 102 Å². The van der Waals surface area contributed by atoms with Gasteiger partial charge in [0.25, 0.3) is 0 Å². The van der Waals surface area contributed by atoms with E-state index in [1.54, 1.807) is 44.2 Å². The van der Waals surface area contributed by atoms with Gasteiger partial charge in [0.05, 0.1) is 5.57 Å². The molecule has 2 aromatic carbocycles. The van der Waals surface area contributed by atoms with Crippen molar-refractivity contribution in [3.8, 4) is 0 Å². The number of thiophene rings is 1. The topological polar surface area (TPSA) is 55.4 Å². The average Bonchev–Trinajstić information content (AvgIpc) is 3.57. The Hall–Kier alpha value is -2.77. The highest BCUT2D eigenvalue weighted by Gasteiger charge is 2.43. The molecule has 1 atom stereocenters. The van der Waals surface area contributed by atoms with Crippen molar-refractivity contribution in [2.45, 2.75) is 52.1 Å². The highest BCUT2D eigenvalue weighted by Crippen LogP contribution is 2.49. The fourth-order valence-electron chi connectivity index (χ4n) is 5.02. The van der Waals surface area contributed by atoms with E-state index in [0.29, 0.717) is 16.7 Å². The highest BCUT2D eigenvalue weighted by molar-refractivity contribution is 9.10. The molecular weight excluding hydrogens is 541 g/mol. The number of rotatable bonds is 6. The Morgan fingerprint density at radius 2 is 1.81 bits per heavy atom. The standard InChI is InChI=1S/C29H27BrFNO3S/c1-15-23(16(2)33)24(21-14-36-27-20(21)6-5-7-22(27)30)25(26(32-15)17-8-9-17)28(34)35-29(3,4)18-10-12-19(31)13-11-18/h5-7,10-14,17,24,32H,8-9H2,1-4H3. The van der Waals surface area contributed by atoms with Gasteiger partial charge in [-0.2, -0.15) is 0 Å². The fraction of sp³-hybridized carbons (Fsp3) is 0.310. The number of esters is 1. The number of Topliss-reactive ketones (excluding diaryl/α,β-unsaturated/α-hetero) is 1. The second-order valence-electron chi connectivity index (χ2n) is 9.97. The Morgan fingerprint density at radius 3 is 2.44 bits per heavy atom. The summed E-state index contributed by atoms with van der Waals surface area (Å²) in [6, 6.07) is 12.0. The molecule has 1 N–H and O–H groups in total. The fourth-order valence-corrected chi connectivity index (χ4v) is 6.66. The SMILES string of the molecule is CC(=O)C1=C(C)NC(C2CC2)=C(C(=O)OC(C)(C)c2ccc(F)cc2)C1c1csc2c(Br)cccc12. The first-order valence-corrected chi connectivity index (χ1v) is 13.6. The first-order valence-electron chi connectivity index (χ1n) is 12.0. The first kappa shape index (κ1) is 24.9. The van der Waals surface area contributed by atoms with Crippen LogP contribution in [-0.4, -0.2) is 11.8 Å². The molecule has 3 aromatic rings. The average molecular weight is 569 g/mol. The maximum atomic E-state index is 14.0. The van der Waals surface area contributed by atoms with Gasteiger partial charge in [-0.3, -0.25) is 4.79 Å².